The van der Waals surface area contributed by atoms with Crippen LogP contribution in [0.15, 0.2) is 48.5 Å². The summed E-state index contributed by atoms with van der Waals surface area (Å²) in [5, 5.41) is 12.4. The summed E-state index contributed by atoms with van der Waals surface area (Å²) in [7, 11) is 0. The molecule has 1 saturated carbocycles. The third-order valence-corrected chi connectivity index (χ3v) is 7.25. The number of aliphatic carboxylic acids is 1. The lowest BCUT2D eigenvalue weighted by atomic mass is 9.98. The zero-order valence-electron chi connectivity index (χ0n) is 19.5. The van der Waals surface area contributed by atoms with Crippen LogP contribution in [-0.2, 0) is 9.53 Å². The highest BCUT2D eigenvalue weighted by Gasteiger charge is 2.31. The van der Waals surface area contributed by atoms with Gasteiger partial charge in [-0.15, -0.1) is 0 Å². The number of carboxylic acid groups (broad SMARTS) is 1. The van der Waals surface area contributed by atoms with Gasteiger partial charge in [0, 0.05) is 25.0 Å². The maximum absolute atomic E-state index is 12.5. The van der Waals surface area contributed by atoms with Crippen LogP contribution in [0.3, 0.4) is 0 Å². The Kier molecular flexibility index (Phi) is 7.33. The molecule has 0 heterocycles. The quantitative estimate of drug-likeness (QED) is 0.569. The molecule has 0 bridgehead atoms. The van der Waals surface area contributed by atoms with Gasteiger partial charge in [0.15, 0.2) is 0 Å². The third kappa shape index (κ3) is 5.22. The molecule has 6 nitrogen and oxygen atoms in total. The van der Waals surface area contributed by atoms with Crippen LogP contribution in [0, 0.1) is 5.92 Å². The van der Waals surface area contributed by atoms with Crippen LogP contribution in [0.4, 0.5) is 4.79 Å². The molecule has 4 rings (SSSR count). The van der Waals surface area contributed by atoms with E-state index >= 15 is 0 Å². The first-order chi connectivity index (χ1) is 16.0. The number of nitrogens with one attached hydrogen (secondary N) is 1. The van der Waals surface area contributed by atoms with E-state index in [4.69, 9.17) is 4.74 Å². The molecule has 2 aliphatic rings. The third-order valence-electron chi connectivity index (χ3n) is 7.25. The fraction of sp³-hybridized carbons (Fsp3) is 0.481. The highest BCUT2D eigenvalue weighted by Crippen LogP contribution is 2.44. The maximum atomic E-state index is 12.5. The number of hydrogen-bond acceptors (Lipinski definition) is 4. The number of fused-ring (bicyclic) bond motifs is 3. The number of hydrogen-bond donors (Lipinski definition) is 2. The molecular formula is C27H34N2O4. The van der Waals surface area contributed by atoms with E-state index in [0.717, 1.165) is 19.4 Å². The molecule has 6 heteroatoms. The number of nitrogens with zero attached hydrogens (tertiary/aromatic N) is 1. The summed E-state index contributed by atoms with van der Waals surface area (Å²) in [6.45, 7) is 5.06. The van der Waals surface area contributed by atoms with Gasteiger partial charge in [-0.3, -0.25) is 9.69 Å². The molecule has 1 fully saturated rings. The van der Waals surface area contributed by atoms with E-state index in [-0.39, 0.29) is 18.6 Å². The summed E-state index contributed by atoms with van der Waals surface area (Å²) in [4.78, 5) is 26.2. The van der Waals surface area contributed by atoms with Crippen molar-refractivity contribution in [2.24, 2.45) is 5.92 Å². The molecule has 0 radical (unpaired) electrons. The van der Waals surface area contributed by atoms with E-state index in [1.165, 1.54) is 35.1 Å². The molecule has 176 valence electrons. The number of alkyl carbamates (subject to hydrolysis) is 1. The minimum Gasteiger partial charge on any atom is -0.480 e. The molecule has 0 aromatic heterocycles. The summed E-state index contributed by atoms with van der Waals surface area (Å²) in [5.41, 5.74) is 4.75. The summed E-state index contributed by atoms with van der Waals surface area (Å²) >= 11 is 0. The molecule has 2 aromatic rings. The van der Waals surface area contributed by atoms with Crippen molar-refractivity contribution in [1.82, 2.24) is 10.2 Å². The van der Waals surface area contributed by atoms with Crippen molar-refractivity contribution in [3.8, 4) is 11.1 Å². The number of carbonyl (C=O) groups is 2. The van der Waals surface area contributed by atoms with Gasteiger partial charge in [-0.2, -0.15) is 0 Å². The lowest BCUT2D eigenvalue weighted by molar-refractivity contribution is -0.143. The molecule has 0 unspecified atom stereocenters. The van der Waals surface area contributed by atoms with Crippen LogP contribution in [0.5, 0.6) is 0 Å². The summed E-state index contributed by atoms with van der Waals surface area (Å²) in [6.07, 6.45) is 4.26. The van der Waals surface area contributed by atoms with Gasteiger partial charge >= 0.3 is 12.1 Å². The average Bonchev–Trinajstić information content (AvgIpc) is 3.45. The first-order valence-electron chi connectivity index (χ1n) is 12.0. The minimum absolute atomic E-state index is 0.0199. The predicted molar refractivity (Wildman–Crippen MR) is 128 cm³/mol. The van der Waals surface area contributed by atoms with Crippen LogP contribution in [-0.4, -0.2) is 53.8 Å². The molecule has 0 spiro atoms. The van der Waals surface area contributed by atoms with Gasteiger partial charge < -0.3 is 15.2 Å². The number of benzene rings is 2. The Labute approximate surface area is 195 Å². The topological polar surface area (TPSA) is 78.9 Å². The van der Waals surface area contributed by atoms with Gasteiger partial charge in [-0.05, 0) is 54.9 Å². The van der Waals surface area contributed by atoms with Crippen LogP contribution in [0.1, 0.15) is 56.6 Å². The first-order valence-corrected chi connectivity index (χ1v) is 12.0. The molecule has 1 amide bonds. The van der Waals surface area contributed by atoms with Gasteiger partial charge in [-0.25, -0.2) is 4.79 Å². The van der Waals surface area contributed by atoms with E-state index in [0.29, 0.717) is 12.5 Å². The zero-order chi connectivity index (χ0) is 23.4. The van der Waals surface area contributed by atoms with Gasteiger partial charge in [0.25, 0.3) is 0 Å². The van der Waals surface area contributed by atoms with Crippen molar-refractivity contribution in [1.29, 1.82) is 0 Å². The smallest absolute Gasteiger partial charge is 0.407 e. The molecule has 33 heavy (non-hydrogen) atoms. The van der Waals surface area contributed by atoms with Gasteiger partial charge in [0.1, 0.15) is 12.6 Å². The molecule has 2 aliphatic carbocycles. The van der Waals surface area contributed by atoms with Crippen LogP contribution in [0.2, 0.25) is 0 Å². The van der Waals surface area contributed by atoms with Gasteiger partial charge in [0.05, 0.1) is 0 Å². The Balaban J connectivity index is 1.33. The van der Waals surface area contributed by atoms with Gasteiger partial charge in [0.2, 0.25) is 0 Å². The lowest BCUT2D eigenvalue weighted by Gasteiger charge is -2.34. The molecular weight excluding hydrogens is 416 g/mol. The van der Waals surface area contributed by atoms with Crippen molar-refractivity contribution in [3.63, 3.8) is 0 Å². The van der Waals surface area contributed by atoms with E-state index in [9.17, 15) is 14.7 Å². The zero-order valence-corrected chi connectivity index (χ0v) is 19.5. The van der Waals surface area contributed by atoms with Crippen LogP contribution in [0.25, 0.3) is 11.1 Å². The number of rotatable bonds is 9. The van der Waals surface area contributed by atoms with Crippen molar-refractivity contribution < 1.29 is 19.4 Å². The standard InChI is InChI=1S/C27H34N2O4/c1-18(29(19(2)26(30)31)16-20-9-3-4-10-20)15-28-27(32)33-17-25-23-13-7-5-11-21(23)22-12-6-8-14-24(22)25/h5-8,11-14,18-20,25H,3-4,9-10,15-17H2,1-2H3,(H,28,32)(H,30,31)/t18-,19-/m0/s1. The number of ether oxygens (including phenoxy) is 1. The summed E-state index contributed by atoms with van der Waals surface area (Å²) < 4.78 is 5.63. The fourth-order valence-electron chi connectivity index (χ4n) is 5.35. The Morgan fingerprint density at radius 2 is 1.61 bits per heavy atom. The van der Waals surface area contributed by atoms with E-state index in [1.807, 2.05) is 36.1 Å². The Hall–Kier alpha value is -2.86. The first kappa shape index (κ1) is 23.3. The molecule has 2 aromatic carbocycles. The van der Waals surface area contributed by atoms with Crippen molar-refractivity contribution in [2.45, 2.75) is 57.5 Å². The maximum Gasteiger partial charge on any atom is 0.407 e. The van der Waals surface area contributed by atoms with Crippen molar-refractivity contribution >= 4 is 12.1 Å². The molecule has 2 atom stereocenters. The van der Waals surface area contributed by atoms with Crippen molar-refractivity contribution in [2.75, 3.05) is 19.7 Å². The Morgan fingerprint density at radius 3 is 2.18 bits per heavy atom. The highest BCUT2D eigenvalue weighted by atomic mass is 16.5. The van der Waals surface area contributed by atoms with Crippen LogP contribution < -0.4 is 5.32 Å². The number of carboxylic acids is 1. The minimum atomic E-state index is -0.832. The normalized spacial score (nSPS) is 17.4. The second-order valence-electron chi connectivity index (χ2n) is 9.42. The molecule has 0 saturated heterocycles. The Bertz CT molecular complexity index is 940. The predicted octanol–water partition coefficient (Wildman–Crippen LogP) is 4.88. The summed E-state index contributed by atoms with van der Waals surface area (Å²) in [6, 6.07) is 15.8. The van der Waals surface area contributed by atoms with E-state index < -0.39 is 18.1 Å². The number of amides is 1. The lowest BCUT2D eigenvalue weighted by Crippen LogP contribution is -2.50. The van der Waals surface area contributed by atoms with Gasteiger partial charge in [-0.1, -0.05) is 61.4 Å². The van der Waals surface area contributed by atoms with Crippen LogP contribution >= 0.6 is 0 Å². The monoisotopic (exact) mass is 450 g/mol. The van der Waals surface area contributed by atoms with Crippen molar-refractivity contribution in [3.05, 3.63) is 59.7 Å². The number of carbonyl (C=O) groups excluding carboxylic acids is 1. The second kappa shape index (κ2) is 10.4. The molecule has 0 aliphatic heterocycles. The Morgan fingerprint density at radius 1 is 1.03 bits per heavy atom. The SMILES string of the molecule is C[C@@H](CNC(=O)OCC1c2ccccc2-c2ccccc21)N(CC1CCCC1)[C@@H](C)C(=O)O. The van der Waals surface area contributed by atoms with E-state index in [1.54, 1.807) is 6.92 Å². The highest BCUT2D eigenvalue weighted by molar-refractivity contribution is 5.79. The largest absolute Gasteiger partial charge is 0.480 e. The summed E-state index contributed by atoms with van der Waals surface area (Å²) in [5.74, 6) is -0.281. The fourth-order valence-corrected chi connectivity index (χ4v) is 5.35. The average molecular weight is 451 g/mol. The molecule has 2 N–H and O–H groups in total. The van der Waals surface area contributed by atoms with E-state index in [2.05, 4.69) is 29.6 Å². The second-order valence-corrected chi connectivity index (χ2v) is 9.42.